The van der Waals surface area contributed by atoms with E-state index in [1.807, 2.05) is 13.8 Å². The van der Waals surface area contributed by atoms with Crippen LogP contribution in [-0.4, -0.2) is 30.3 Å². The number of nitrogens with one attached hydrogen (secondary N) is 1. The number of pyridine rings is 1. The predicted molar refractivity (Wildman–Crippen MR) is 73.4 cm³/mol. The Morgan fingerprint density at radius 2 is 2.00 bits per heavy atom. The van der Waals surface area contributed by atoms with Crippen LogP contribution in [0.15, 0.2) is 28.2 Å². The number of aromatic nitrogens is 1. The summed E-state index contributed by atoms with van der Waals surface area (Å²) in [6.45, 7) is 6.48. The van der Waals surface area contributed by atoms with Crippen molar-refractivity contribution in [1.29, 1.82) is 0 Å². The number of hydrogen-bond donors (Lipinski definition) is 1. The maximum absolute atomic E-state index is 12.6. The van der Waals surface area contributed by atoms with Crippen LogP contribution in [0.25, 0.3) is 0 Å². The van der Waals surface area contributed by atoms with Crippen molar-refractivity contribution in [3.63, 3.8) is 0 Å². The predicted octanol–water partition coefficient (Wildman–Crippen LogP) is 1.43. The van der Waals surface area contributed by atoms with Gasteiger partial charge >= 0.3 is 0 Å². The van der Waals surface area contributed by atoms with E-state index in [1.165, 1.54) is 22.8 Å². The molecule has 0 amide bonds. The maximum Gasteiger partial charge on any atom is 0.248 e. The molecule has 2 rings (SSSR count). The highest BCUT2D eigenvalue weighted by atomic mass is 32.2. The molecular weight excluding hydrogens is 264 g/mol. The zero-order valence-corrected chi connectivity index (χ0v) is 12.3. The number of aromatic amines is 1. The van der Waals surface area contributed by atoms with Gasteiger partial charge in [0.25, 0.3) is 0 Å². The van der Waals surface area contributed by atoms with Gasteiger partial charge in [-0.05, 0) is 25.2 Å². The van der Waals surface area contributed by atoms with Crippen molar-refractivity contribution in [3.8, 4) is 0 Å². The summed E-state index contributed by atoms with van der Waals surface area (Å²) in [5.41, 5.74) is -0.461. The fourth-order valence-corrected chi connectivity index (χ4v) is 4.60. The zero-order valence-electron chi connectivity index (χ0n) is 11.5. The minimum Gasteiger partial charge on any atom is -0.366 e. The molecule has 1 aromatic heterocycles. The van der Waals surface area contributed by atoms with Crippen LogP contribution in [0, 0.1) is 11.8 Å². The summed E-state index contributed by atoms with van der Waals surface area (Å²) in [7, 11) is -3.72. The van der Waals surface area contributed by atoms with Crippen LogP contribution in [0.1, 0.15) is 27.2 Å². The van der Waals surface area contributed by atoms with E-state index in [-0.39, 0.29) is 10.9 Å². The minimum absolute atomic E-state index is 0.0826. The van der Waals surface area contributed by atoms with Gasteiger partial charge in [0, 0.05) is 31.0 Å². The van der Waals surface area contributed by atoms with Crippen LogP contribution in [0.2, 0.25) is 0 Å². The number of sulfonamides is 1. The number of H-pyrrole nitrogens is 1. The summed E-state index contributed by atoms with van der Waals surface area (Å²) < 4.78 is 26.7. The van der Waals surface area contributed by atoms with Crippen LogP contribution >= 0.6 is 0 Å². The molecule has 2 heterocycles. The van der Waals surface area contributed by atoms with Crippen LogP contribution in [-0.2, 0) is 10.0 Å². The Hall–Kier alpha value is -1.14. The molecule has 1 aliphatic rings. The van der Waals surface area contributed by atoms with Crippen LogP contribution in [0.4, 0.5) is 0 Å². The molecule has 1 aliphatic heterocycles. The third-order valence-corrected chi connectivity index (χ3v) is 5.89. The van der Waals surface area contributed by atoms with Gasteiger partial charge in [-0.15, -0.1) is 0 Å². The van der Waals surface area contributed by atoms with Crippen LogP contribution < -0.4 is 5.43 Å². The van der Waals surface area contributed by atoms with Gasteiger partial charge < -0.3 is 4.98 Å². The molecule has 0 spiro atoms. The third-order valence-electron chi connectivity index (χ3n) is 3.92. The summed E-state index contributed by atoms with van der Waals surface area (Å²) in [5, 5.41) is 0. The number of rotatable bonds is 2. The van der Waals surface area contributed by atoms with E-state index in [4.69, 9.17) is 0 Å². The van der Waals surface area contributed by atoms with E-state index in [2.05, 4.69) is 11.9 Å². The highest BCUT2D eigenvalue weighted by Crippen LogP contribution is 2.30. The summed E-state index contributed by atoms with van der Waals surface area (Å²) in [4.78, 5) is 14.3. The first-order valence-corrected chi connectivity index (χ1v) is 7.97. The molecule has 3 atom stereocenters. The van der Waals surface area contributed by atoms with E-state index in [1.54, 1.807) is 0 Å². The first kappa shape index (κ1) is 14.3. The highest BCUT2D eigenvalue weighted by Gasteiger charge is 2.38. The van der Waals surface area contributed by atoms with Gasteiger partial charge in [0.05, 0.1) is 0 Å². The molecule has 0 aromatic carbocycles. The van der Waals surface area contributed by atoms with Gasteiger partial charge in [0.1, 0.15) is 4.90 Å². The summed E-state index contributed by atoms with van der Waals surface area (Å²) in [5.74, 6) is 0.602. The molecule has 0 saturated carbocycles. The van der Waals surface area contributed by atoms with E-state index in [9.17, 15) is 13.2 Å². The average molecular weight is 284 g/mol. The van der Waals surface area contributed by atoms with E-state index in [0.29, 0.717) is 18.4 Å². The molecule has 6 heteroatoms. The van der Waals surface area contributed by atoms with E-state index < -0.39 is 15.5 Å². The van der Waals surface area contributed by atoms with Crippen molar-refractivity contribution in [3.05, 3.63) is 28.7 Å². The van der Waals surface area contributed by atoms with Crippen LogP contribution in [0.3, 0.4) is 0 Å². The standard InChI is InChI=1S/C13H20N2O3S/c1-9-6-10(2)11(3)15(8-9)19(17,18)13-7-14-5-4-12(13)16/h4-5,7,9-11H,6,8H2,1-3H3,(H,14,16). The molecule has 3 unspecified atom stereocenters. The Labute approximate surface area is 113 Å². The Bertz CT molecular complexity index is 608. The summed E-state index contributed by atoms with van der Waals surface area (Å²) in [6.07, 6.45) is 3.72. The molecule has 1 saturated heterocycles. The molecule has 0 radical (unpaired) electrons. The third kappa shape index (κ3) is 2.60. The molecule has 1 N–H and O–H groups in total. The lowest BCUT2D eigenvalue weighted by Gasteiger charge is -2.39. The molecule has 0 aliphatic carbocycles. The molecule has 1 fully saturated rings. The van der Waals surface area contributed by atoms with Gasteiger partial charge in [-0.1, -0.05) is 13.8 Å². The monoisotopic (exact) mass is 284 g/mol. The first-order valence-electron chi connectivity index (χ1n) is 6.53. The molecular formula is C13H20N2O3S. The highest BCUT2D eigenvalue weighted by molar-refractivity contribution is 7.89. The summed E-state index contributed by atoms with van der Waals surface area (Å²) >= 11 is 0. The molecule has 19 heavy (non-hydrogen) atoms. The quantitative estimate of drug-likeness (QED) is 0.893. The van der Waals surface area contributed by atoms with Gasteiger partial charge in [0.15, 0.2) is 0 Å². The lowest BCUT2D eigenvalue weighted by molar-refractivity contribution is 0.157. The zero-order chi connectivity index (χ0) is 14.2. The van der Waals surface area contributed by atoms with Crippen molar-refractivity contribution in [2.45, 2.75) is 38.1 Å². The fourth-order valence-electron chi connectivity index (χ4n) is 2.71. The molecule has 0 bridgehead atoms. The van der Waals surface area contributed by atoms with Crippen molar-refractivity contribution < 1.29 is 8.42 Å². The van der Waals surface area contributed by atoms with E-state index >= 15 is 0 Å². The van der Waals surface area contributed by atoms with Gasteiger partial charge in [-0.3, -0.25) is 4.79 Å². The lowest BCUT2D eigenvalue weighted by Crippen LogP contribution is -2.49. The fraction of sp³-hybridized carbons (Fsp3) is 0.615. The minimum atomic E-state index is -3.72. The topological polar surface area (TPSA) is 70.2 Å². The molecule has 106 valence electrons. The lowest BCUT2D eigenvalue weighted by atomic mass is 9.88. The summed E-state index contributed by atoms with van der Waals surface area (Å²) in [6, 6.07) is 1.16. The van der Waals surface area contributed by atoms with Crippen molar-refractivity contribution in [2.75, 3.05) is 6.54 Å². The molecule has 5 nitrogen and oxygen atoms in total. The average Bonchev–Trinajstić information content (AvgIpc) is 2.34. The number of piperidine rings is 1. The second-order valence-electron chi connectivity index (χ2n) is 5.51. The SMILES string of the molecule is CC1CC(C)C(C)N(S(=O)(=O)c2c[nH]ccc2=O)C1. The Balaban J connectivity index is 2.45. The Kier molecular flexibility index (Phi) is 3.82. The van der Waals surface area contributed by atoms with Crippen molar-refractivity contribution >= 4 is 10.0 Å². The Morgan fingerprint density at radius 3 is 2.63 bits per heavy atom. The number of hydrogen-bond acceptors (Lipinski definition) is 3. The number of nitrogens with zero attached hydrogens (tertiary/aromatic N) is 1. The second-order valence-corrected chi connectivity index (χ2v) is 7.37. The Morgan fingerprint density at radius 1 is 1.32 bits per heavy atom. The van der Waals surface area contributed by atoms with Gasteiger partial charge in [0.2, 0.25) is 15.5 Å². The van der Waals surface area contributed by atoms with Gasteiger partial charge in [-0.2, -0.15) is 4.31 Å². The first-order chi connectivity index (χ1) is 8.84. The largest absolute Gasteiger partial charge is 0.366 e. The molecule has 1 aromatic rings. The normalized spacial score (nSPS) is 29.3. The maximum atomic E-state index is 12.6. The van der Waals surface area contributed by atoms with Crippen molar-refractivity contribution in [1.82, 2.24) is 9.29 Å². The van der Waals surface area contributed by atoms with Crippen LogP contribution in [0.5, 0.6) is 0 Å². The van der Waals surface area contributed by atoms with Crippen molar-refractivity contribution in [2.24, 2.45) is 11.8 Å². The van der Waals surface area contributed by atoms with Gasteiger partial charge in [-0.25, -0.2) is 8.42 Å². The smallest absolute Gasteiger partial charge is 0.248 e. The van der Waals surface area contributed by atoms with E-state index in [0.717, 1.165) is 6.42 Å². The second kappa shape index (κ2) is 5.09.